The lowest BCUT2D eigenvalue weighted by Crippen LogP contribution is -2.23. The highest BCUT2D eigenvalue weighted by Gasteiger charge is 2.22. The van der Waals surface area contributed by atoms with Gasteiger partial charge in [-0.3, -0.25) is 4.79 Å². The van der Waals surface area contributed by atoms with Gasteiger partial charge >= 0.3 is 5.97 Å². The van der Waals surface area contributed by atoms with Gasteiger partial charge in [-0.05, 0) is 12.8 Å². The number of amides is 1. The summed E-state index contributed by atoms with van der Waals surface area (Å²) in [5.74, 6) is 0.395. The molecule has 128 valence electrons. The summed E-state index contributed by atoms with van der Waals surface area (Å²) >= 11 is 1.20. The molecule has 0 bridgehead atoms. The molecule has 1 fully saturated rings. The van der Waals surface area contributed by atoms with Crippen LogP contribution in [0.5, 0.6) is 0 Å². The lowest BCUT2D eigenvalue weighted by molar-refractivity contribution is -0.121. The van der Waals surface area contributed by atoms with Gasteiger partial charge in [0.25, 0.3) is 0 Å². The van der Waals surface area contributed by atoms with E-state index in [2.05, 4.69) is 20.4 Å². The molecule has 0 saturated heterocycles. The zero-order valence-electron chi connectivity index (χ0n) is 13.0. The number of hydrogen-bond donors (Lipinski definition) is 2. The number of rotatable bonds is 7. The first kappa shape index (κ1) is 16.6. The molecule has 1 saturated carbocycles. The number of aromatic nitrogens is 3. The number of aryl methyl sites for hydroxylation is 1. The van der Waals surface area contributed by atoms with Crippen LogP contribution in [-0.2, 0) is 17.8 Å². The maximum absolute atomic E-state index is 11.9. The highest BCUT2D eigenvalue weighted by molar-refractivity contribution is 7.09. The summed E-state index contributed by atoms with van der Waals surface area (Å²) in [6.07, 6.45) is 5.25. The Morgan fingerprint density at radius 3 is 2.83 bits per heavy atom. The molecule has 2 heterocycles. The molecular weight excluding hydrogens is 332 g/mol. The fraction of sp³-hybridized carbons (Fsp3) is 0.533. The minimum atomic E-state index is -1.07. The van der Waals surface area contributed by atoms with Gasteiger partial charge in [0.15, 0.2) is 11.5 Å². The van der Waals surface area contributed by atoms with E-state index in [0.717, 1.165) is 18.7 Å². The molecule has 0 aromatic carbocycles. The Kier molecular flexibility index (Phi) is 5.19. The molecule has 0 spiro atoms. The van der Waals surface area contributed by atoms with Crippen molar-refractivity contribution in [1.29, 1.82) is 0 Å². The zero-order valence-corrected chi connectivity index (χ0v) is 13.8. The maximum Gasteiger partial charge on any atom is 0.355 e. The summed E-state index contributed by atoms with van der Waals surface area (Å²) in [7, 11) is 0. The molecule has 0 radical (unpaired) electrons. The summed E-state index contributed by atoms with van der Waals surface area (Å²) in [5.41, 5.74) is -0.00505. The second-order valence-corrected chi connectivity index (χ2v) is 6.68. The minimum absolute atomic E-state index is 0.00505. The number of nitrogens with zero attached hydrogens (tertiary/aromatic N) is 3. The molecule has 0 aliphatic heterocycles. The van der Waals surface area contributed by atoms with E-state index in [1.807, 2.05) is 0 Å². The van der Waals surface area contributed by atoms with E-state index in [4.69, 9.17) is 9.63 Å². The molecule has 8 nitrogen and oxygen atoms in total. The number of carboxylic acids is 1. The molecule has 1 aliphatic carbocycles. The van der Waals surface area contributed by atoms with Crippen LogP contribution in [0.4, 0.5) is 0 Å². The van der Waals surface area contributed by atoms with Crippen LogP contribution >= 0.6 is 11.3 Å². The van der Waals surface area contributed by atoms with Crippen molar-refractivity contribution in [2.24, 2.45) is 0 Å². The number of carbonyl (C=O) groups is 2. The quantitative estimate of drug-likeness (QED) is 0.785. The monoisotopic (exact) mass is 350 g/mol. The standard InChI is InChI=1S/C15H18N4O4S/c20-11(16-7-13-17-10(8-24-13)15(21)22)5-6-12-18-14(19-23-12)9-3-1-2-4-9/h8-9H,1-7H2,(H,16,20)(H,21,22). The Morgan fingerprint density at radius 2 is 2.12 bits per heavy atom. The van der Waals surface area contributed by atoms with Gasteiger partial charge in [-0.15, -0.1) is 11.3 Å². The number of thiazole rings is 1. The van der Waals surface area contributed by atoms with Crippen LogP contribution in [0.3, 0.4) is 0 Å². The average molecular weight is 350 g/mol. The summed E-state index contributed by atoms with van der Waals surface area (Å²) in [4.78, 5) is 30.9. The maximum atomic E-state index is 11.9. The van der Waals surface area contributed by atoms with E-state index in [9.17, 15) is 9.59 Å². The third kappa shape index (κ3) is 4.16. The summed E-state index contributed by atoms with van der Waals surface area (Å²) in [6.45, 7) is 0.216. The van der Waals surface area contributed by atoms with E-state index >= 15 is 0 Å². The number of carbonyl (C=O) groups excluding carboxylic acids is 1. The Morgan fingerprint density at radius 1 is 1.33 bits per heavy atom. The summed E-state index contributed by atoms with van der Waals surface area (Å²) in [6, 6.07) is 0. The smallest absolute Gasteiger partial charge is 0.355 e. The van der Waals surface area contributed by atoms with Gasteiger partial charge in [-0.1, -0.05) is 18.0 Å². The topological polar surface area (TPSA) is 118 Å². The van der Waals surface area contributed by atoms with Gasteiger partial charge < -0.3 is 14.9 Å². The van der Waals surface area contributed by atoms with Crippen molar-refractivity contribution in [2.45, 2.75) is 51.0 Å². The summed E-state index contributed by atoms with van der Waals surface area (Å²) in [5, 5.41) is 17.5. The van der Waals surface area contributed by atoms with E-state index in [1.165, 1.54) is 29.6 Å². The van der Waals surface area contributed by atoms with Crippen molar-refractivity contribution < 1.29 is 19.2 Å². The number of nitrogens with one attached hydrogen (secondary N) is 1. The van der Waals surface area contributed by atoms with E-state index in [1.54, 1.807) is 0 Å². The van der Waals surface area contributed by atoms with Crippen molar-refractivity contribution in [1.82, 2.24) is 20.4 Å². The van der Waals surface area contributed by atoms with Gasteiger partial charge in [-0.2, -0.15) is 4.98 Å². The van der Waals surface area contributed by atoms with Crippen molar-refractivity contribution in [3.63, 3.8) is 0 Å². The second kappa shape index (κ2) is 7.52. The third-order valence-corrected chi connectivity index (χ3v) is 4.83. The van der Waals surface area contributed by atoms with Crippen LogP contribution in [0.25, 0.3) is 0 Å². The molecule has 24 heavy (non-hydrogen) atoms. The van der Waals surface area contributed by atoms with Crippen molar-refractivity contribution in [3.05, 3.63) is 27.8 Å². The Balaban J connectivity index is 1.42. The largest absolute Gasteiger partial charge is 0.476 e. The number of carboxylic acid groups (broad SMARTS) is 1. The fourth-order valence-corrected chi connectivity index (χ4v) is 3.40. The third-order valence-electron chi connectivity index (χ3n) is 3.98. The predicted molar refractivity (Wildman–Crippen MR) is 84.7 cm³/mol. The van der Waals surface area contributed by atoms with Crippen LogP contribution in [0.2, 0.25) is 0 Å². The second-order valence-electron chi connectivity index (χ2n) is 5.74. The highest BCUT2D eigenvalue weighted by atomic mass is 32.1. The zero-order chi connectivity index (χ0) is 16.9. The summed E-state index contributed by atoms with van der Waals surface area (Å²) < 4.78 is 5.20. The van der Waals surface area contributed by atoms with E-state index < -0.39 is 5.97 Å². The normalized spacial score (nSPS) is 14.8. The van der Waals surface area contributed by atoms with Crippen LogP contribution < -0.4 is 5.32 Å². The molecule has 2 N–H and O–H groups in total. The Labute approximate surface area is 142 Å². The molecule has 3 rings (SSSR count). The van der Waals surface area contributed by atoms with Crippen molar-refractivity contribution >= 4 is 23.2 Å². The van der Waals surface area contributed by atoms with Crippen LogP contribution in [0, 0.1) is 0 Å². The molecule has 1 amide bonds. The first-order chi connectivity index (χ1) is 11.6. The van der Waals surface area contributed by atoms with Gasteiger partial charge in [0.05, 0.1) is 6.54 Å². The molecular formula is C15H18N4O4S. The lowest BCUT2D eigenvalue weighted by atomic mass is 10.1. The number of hydrogen-bond acceptors (Lipinski definition) is 7. The van der Waals surface area contributed by atoms with Gasteiger partial charge in [0.1, 0.15) is 5.01 Å². The van der Waals surface area contributed by atoms with Crippen molar-refractivity contribution in [2.75, 3.05) is 0 Å². The van der Waals surface area contributed by atoms with Crippen LogP contribution in [-0.4, -0.2) is 32.1 Å². The fourth-order valence-electron chi connectivity index (χ4n) is 2.69. The highest BCUT2D eigenvalue weighted by Crippen LogP contribution is 2.32. The first-order valence-electron chi connectivity index (χ1n) is 7.88. The van der Waals surface area contributed by atoms with E-state index in [0.29, 0.717) is 23.2 Å². The van der Waals surface area contributed by atoms with Crippen molar-refractivity contribution in [3.8, 4) is 0 Å². The van der Waals surface area contributed by atoms with Gasteiger partial charge in [0.2, 0.25) is 11.8 Å². The SMILES string of the molecule is O=C(CCc1nc(C2CCCC2)no1)NCc1nc(C(=O)O)cs1. The molecule has 1 aliphatic rings. The lowest BCUT2D eigenvalue weighted by Gasteiger charge is -2.01. The molecule has 2 aromatic rings. The first-order valence-corrected chi connectivity index (χ1v) is 8.76. The average Bonchev–Trinajstić information content (AvgIpc) is 3.31. The minimum Gasteiger partial charge on any atom is -0.476 e. The van der Waals surface area contributed by atoms with Crippen LogP contribution in [0.1, 0.15) is 65.2 Å². The van der Waals surface area contributed by atoms with Gasteiger partial charge in [0, 0.05) is 24.1 Å². The Hall–Kier alpha value is -2.29. The number of aromatic carboxylic acids is 1. The van der Waals surface area contributed by atoms with E-state index in [-0.39, 0.29) is 24.6 Å². The van der Waals surface area contributed by atoms with Crippen LogP contribution in [0.15, 0.2) is 9.90 Å². The Bertz CT molecular complexity index is 721. The van der Waals surface area contributed by atoms with Gasteiger partial charge in [-0.25, -0.2) is 9.78 Å². The predicted octanol–water partition coefficient (Wildman–Crippen LogP) is 2.13. The molecule has 0 atom stereocenters. The molecule has 0 unspecified atom stereocenters. The molecule has 9 heteroatoms. The molecule has 2 aromatic heterocycles.